The van der Waals surface area contributed by atoms with Crippen LogP contribution in [0.2, 0.25) is 0 Å². The monoisotopic (exact) mass is 286 g/mol. The molecule has 1 N–H and O–H groups in total. The molecule has 2 rings (SSSR count). The Morgan fingerprint density at radius 2 is 2.29 bits per heavy atom. The second kappa shape index (κ2) is 7.09. The Kier molecular flexibility index (Phi) is 5.17. The van der Waals surface area contributed by atoms with Crippen LogP contribution < -0.4 is 4.74 Å². The fraction of sp³-hybridized carbons (Fsp3) is 0.353. The lowest BCUT2D eigenvalue weighted by Gasteiger charge is -2.13. The first-order valence-corrected chi connectivity index (χ1v) is 7.24. The molecule has 0 aliphatic heterocycles. The smallest absolute Gasteiger partial charge is 0.310 e. The minimum atomic E-state index is -0.218. The topological polar surface area (TPSA) is 45.3 Å². The summed E-state index contributed by atoms with van der Waals surface area (Å²) in [5.74, 6) is 0.384. The number of nitrogens with one attached hydrogen (secondary N) is 1. The van der Waals surface area contributed by atoms with Crippen LogP contribution in [-0.4, -0.2) is 36.0 Å². The molecule has 0 saturated heterocycles. The van der Waals surface area contributed by atoms with Gasteiger partial charge in [-0.3, -0.25) is 4.79 Å². The number of nitrogens with zero attached hydrogens (tertiary/aromatic N) is 1. The van der Waals surface area contributed by atoms with Crippen LogP contribution in [0.15, 0.2) is 37.1 Å². The van der Waals surface area contributed by atoms with E-state index in [0.717, 1.165) is 30.4 Å². The predicted octanol–water partition coefficient (Wildman–Crippen LogP) is 3.14. The van der Waals surface area contributed by atoms with Crippen molar-refractivity contribution >= 4 is 16.9 Å². The lowest BCUT2D eigenvalue weighted by Crippen LogP contribution is -2.20. The molecule has 21 heavy (non-hydrogen) atoms. The molecule has 0 bridgehead atoms. The summed E-state index contributed by atoms with van der Waals surface area (Å²) in [7, 11) is 2.07. The third kappa shape index (κ3) is 3.73. The molecule has 112 valence electrons. The molecule has 0 aliphatic carbocycles. The van der Waals surface area contributed by atoms with Crippen LogP contribution in [0.3, 0.4) is 0 Å². The molecule has 0 unspecified atom stereocenters. The van der Waals surface area contributed by atoms with Gasteiger partial charge in [0.15, 0.2) is 5.75 Å². The van der Waals surface area contributed by atoms with Gasteiger partial charge in [-0.2, -0.15) is 0 Å². The molecule has 1 aromatic heterocycles. The molecule has 0 aliphatic rings. The maximum Gasteiger partial charge on any atom is 0.310 e. The molecular weight excluding hydrogens is 264 g/mol. The second-order valence-electron chi connectivity index (χ2n) is 5.12. The molecule has 4 nitrogen and oxygen atoms in total. The van der Waals surface area contributed by atoms with Crippen LogP contribution in [0, 0.1) is 0 Å². The van der Waals surface area contributed by atoms with Crippen LogP contribution in [0.4, 0.5) is 0 Å². The number of aromatic amines is 1. The van der Waals surface area contributed by atoms with E-state index in [4.69, 9.17) is 4.74 Å². The number of aromatic nitrogens is 1. The number of para-hydroxylation sites is 1. The number of benzene rings is 1. The van der Waals surface area contributed by atoms with Crippen molar-refractivity contribution in [3.63, 3.8) is 0 Å². The number of fused-ring (bicyclic) bond motifs is 1. The van der Waals surface area contributed by atoms with E-state index in [9.17, 15) is 4.79 Å². The first-order chi connectivity index (χ1) is 10.2. The van der Waals surface area contributed by atoms with Crippen molar-refractivity contribution in [1.82, 2.24) is 9.88 Å². The van der Waals surface area contributed by atoms with Crippen molar-refractivity contribution < 1.29 is 9.53 Å². The molecule has 0 atom stereocenters. The standard InChI is InChI=1S/C17H22N2O2/c1-4-10-19(3)11-9-13-12-18-17-14(13)7-6-8-15(17)21-16(20)5-2/h4,6-8,12,18H,1,5,9-11H2,2-3H3. The largest absolute Gasteiger partial charge is 0.424 e. The summed E-state index contributed by atoms with van der Waals surface area (Å²) in [5.41, 5.74) is 2.12. The van der Waals surface area contributed by atoms with Gasteiger partial charge in [0.1, 0.15) is 0 Å². The molecule has 0 radical (unpaired) electrons. The Morgan fingerprint density at radius 1 is 1.48 bits per heavy atom. The number of hydrogen-bond donors (Lipinski definition) is 1. The van der Waals surface area contributed by atoms with Crippen LogP contribution in [0.1, 0.15) is 18.9 Å². The molecular formula is C17H22N2O2. The maximum absolute atomic E-state index is 11.5. The fourth-order valence-corrected chi connectivity index (χ4v) is 2.29. The fourth-order valence-electron chi connectivity index (χ4n) is 2.29. The van der Waals surface area contributed by atoms with Gasteiger partial charge >= 0.3 is 5.97 Å². The number of carbonyl (C=O) groups is 1. The lowest BCUT2D eigenvalue weighted by molar-refractivity contribution is -0.133. The summed E-state index contributed by atoms with van der Waals surface area (Å²) in [6.45, 7) is 7.37. The molecule has 0 saturated carbocycles. The number of H-pyrrole nitrogens is 1. The van der Waals surface area contributed by atoms with Crippen LogP contribution in [-0.2, 0) is 11.2 Å². The van der Waals surface area contributed by atoms with Crippen molar-refractivity contribution in [2.24, 2.45) is 0 Å². The van der Waals surface area contributed by atoms with Crippen LogP contribution >= 0.6 is 0 Å². The summed E-state index contributed by atoms with van der Waals surface area (Å²) in [6.07, 6.45) is 5.21. The molecule has 4 heteroatoms. The van der Waals surface area contributed by atoms with E-state index in [-0.39, 0.29) is 5.97 Å². The minimum Gasteiger partial charge on any atom is -0.424 e. The zero-order chi connectivity index (χ0) is 15.2. The highest BCUT2D eigenvalue weighted by atomic mass is 16.5. The van der Waals surface area contributed by atoms with Crippen molar-refractivity contribution in [3.8, 4) is 5.75 Å². The van der Waals surface area contributed by atoms with Gasteiger partial charge in [-0.25, -0.2) is 0 Å². The third-order valence-corrected chi connectivity index (χ3v) is 3.48. The van der Waals surface area contributed by atoms with Crippen molar-refractivity contribution in [2.75, 3.05) is 20.1 Å². The highest BCUT2D eigenvalue weighted by Crippen LogP contribution is 2.27. The Hall–Kier alpha value is -2.07. The van der Waals surface area contributed by atoms with Gasteiger partial charge in [0.2, 0.25) is 0 Å². The average molecular weight is 286 g/mol. The van der Waals surface area contributed by atoms with E-state index in [1.807, 2.05) is 24.4 Å². The molecule has 1 heterocycles. The molecule has 1 aromatic carbocycles. The van der Waals surface area contributed by atoms with Crippen molar-refractivity contribution in [1.29, 1.82) is 0 Å². The van der Waals surface area contributed by atoms with Crippen molar-refractivity contribution in [3.05, 3.63) is 42.6 Å². The Labute approximate surface area is 125 Å². The van der Waals surface area contributed by atoms with Crippen molar-refractivity contribution in [2.45, 2.75) is 19.8 Å². The second-order valence-corrected chi connectivity index (χ2v) is 5.12. The van der Waals surface area contributed by atoms with Gasteiger partial charge < -0.3 is 14.6 Å². The Balaban J connectivity index is 2.18. The number of likely N-dealkylation sites (N-methyl/N-ethyl adjacent to an activating group) is 1. The summed E-state index contributed by atoms with van der Waals surface area (Å²) >= 11 is 0. The van der Waals surface area contributed by atoms with Crippen LogP contribution in [0.25, 0.3) is 10.9 Å². The van der Waals surface area contributed by atoms with E-state index < -0.39 is 0 Å². The van der Waals surface area contributed by atoms with E-state index in [2.05, 4.69) is 29.6 Å². The normalized spacial score (nSPS) is 11.0. The van der Waals surface area contributed by atoms with Gasteiger partial charge in [-0.05, 0) is 25.1 Å². The molecule has 0 spiro atoms. The first kappa shape index (κ1) is 15.3. The van der Waals surface area contributed by atoms with E-state index in [1.165, 1.54) is 5.56 Å². The summed E-state index contributed by atoms with van der Waals surface area (Å²) in [4.78, 5) is 16.9. The lowest BCUT2D eigenvalue weighted by atomic mass is 10.1. The van der Waals surface area contributed by atoms with Gasteiger partial charge in [0, 0.05) is 31.1 Å². The Bertz CT molecular complexity index is 631. The van der Waals surface area contributed by atoms with Crippen LogP contribution in [0.5, 0.6) is 5.75 Å². The highest BCUT2D eigenvalue weighted by Gasteiger charge is 2.11. The summed E-state index contributed by atoms with van der Waals surface area (Å²) in [5, 5.41) is 1.11. The number of hydrogen-bond acceptors (Lipinski definition) is 3. The quantitative estimate of drug-likeness (QED) is 0.483. The van der Waals surface area contributed by atoms with Gasteiger partial charge in [-0.1, -0.05) is 25.1 Å². The van der Waals surface area contributed by atoms with Gasteiger partial charge in [0.25, 0.3) is 0 Å². The molecule has 0 amide bonds. The SMILES string of the molecule is C=CCN(C)CCc1c[nH]c2c(OC(=O)CC)cccc12. The summed E-state index contributed by atoms with van der Waals surface area (Å²) in [6, 6.07) is 5.80. The predicted molar refractivity (Wildman–Crippen MR) is 85.6 cm³/mol. The summed E-state index contributed by atoms with van der Waals surface area (Å²) < 4.78 is 5.36. The van der Waals surface area contributed by atoms with Gasteiger partial charge in [0.05, 0.1) is 5.52 Å². The first-order valence-electron chi connectivity index (χ1n) is 7.24. The third-order valence-electron chi connectivity index (χ3n) is 3.48. The Morgan fingerprint density at radius 3 is 3.00 bits per heavy atom. The molecule has 0 fully saturated rings. The van der Waals surface area contributed by atoms with E-state index in [0.29, 0.717) is 12.2 Å². The minimum absolute atomic E-state index is 0.218. The number of carbonyl (C=O) groups excluding carboxylic acids is 1. The van der Waals surface area contributed by atoms with E-state index in [1.54, 1.807) is 6.92 Å². The number of rotatable bonds is 7. The maximum atomic E-state index is 11.5. The van der Waals surface area contributed by atoms with Gasteiger partial charge in [-0.15, -0.1) is 6.58 Å². The average Bonchev–Trinajstić information content (AvgIpc) is 2.89. The van der Waals surface area contributed by atoms with E-state index >= 15 is 0 Å². The zero-order valence-electron chi connectivity index (χ0n) is 12.7. The number of esters is 1. The zero-order valence-corrected chi connectivity index (χ0v) is 12.7. The number of ether oxygens (including phenoxy) is 1. The highest BCUT2D eigenvalue weighted by molar-refractivity contribution is 5.90. The molecule has 2 aromatic rings.